The predicted octanol–water partition coefficient (Wildman–Crippen LogP) is 3.39. The molecule has 1 aromatic heterocycles. The van der Waals surface area contributed by atoms with Crippen LogP contribution in [0.15, 0.2) is 49.3 Å². The smallest absolute Gasteiger partial charge is 0.457 e. The van der Waals surface area contributed by atoms with Gasteiger partial charge in [0.05, 0.1) is 4.91 Å². The first-order valence-corrected chi connectivity index (χ1v) is 10.2. The molecule has 0 aliphatic carbocycles. The van der Waals surface area contributed by atoms with Crippen LogP contribution in [-0.2, 0) is 23.8 Å². The Balaban J connectivity index is 1.86. The summed E-state index contributed by atoms with van der Waals surface area (Å²) in [5.41, 5.74) is 0.596. The lowest BCUT2D eigenvalue weighted by Crippen LogP contribution is -2.61. The van der Waals surface area contributed by atoms with Crippen molar-refractivity contribution in [1.29, 1.82) is 0 Å². The van der Waals surface area contributed by atoms with Crippen molar-refractivity contribution in [2.75, 3.05) is 13.2 Å². The molecule has 3 heterocycles. The van der Waals surface area contributed by atoms with Crippen LogP contribution in [0.4, 0.5) is 4.79 Å². The molecule has 158 valence electrons. The number of carbonyl (C=O) groups is 3. The molecule has 0 saturated carbocycles. The Bertz CT molecular complexity index is 934. The second kappa shape index (κ2) is 9.36. The zero-order valence-electron chi connectivity index (χ0n) is 16.1. The van der Waals surface area contributed by atoms with E-state index in [0.717, 1.165) is 0 Å². The molecule has 30 heavy (non-hydrogen) atoms. The van der Waals surface area contributed by atoms with Crippen molar-refractivity contribution in [3.05, 3.63) is 60.1 Å². The van der Waals surface area contributed by atoms with E-state index in [1.807, 2.05) is 0 Å². The van der Waals surface area contributed by atoms with Crippen molar-refractivity contribution in [2.45, 2.75) is 18.4 Å². The Morgan fingerprint density at radius 1 is 1.33 bits per heavy atom. The SMILES string of the molecule is C=CCOC(=O)O[C@H](C)[C@H]1C(=O)N2C(C(=O)OCC=C)=C(c3cccnc3Cl)S[C@H]12. The van der Waals surface area contributed by atoms with Gasteiger partial charge >= 0.3 is 12.1 Å². The normalized spacial score (nSPS) is 20.7. The third-order valence-corrected chi connectivity index (χ3v) is 6.11. The van der Waals surface area contributed by atoms with E-state index in [9.17, 15) is 14.4 Å². The second-order valence-electron chi connectivity index (χ2n) is 6.32. The van der Waals surface area contributed by atoms with E-state index in [1.165, 1.54) is 35.0 Å². The van der Waals surface area contributed by atoms with Crippen molar-refractivity contribution in [3.63, 3.8) is 0 Å². The van der Waals surface area contributed by atoms with Gasteiger partial charge in [-0.15, -0.1) is 0 Å². The minimum Gasteiger partial charge on any atom is -0.457 e. The number of esters is 1. The third-order valence-electron chi connectivity index (χ3n) is 4.42. The molecule has 1 fully saturated rings. The highest BCUT2D eigenvalue weighted by molar-refractivity contribution is 8.09. The van der Waals surface area contributed by atoms with E-state index in [1.54, 1.807) is 19.1 Å². The molecule has 0 spiro atoms. The lowest BCUT2D eigenvalue weighted by molar-refractivity contribution is -0.158. The molecule has 1 saturated heterocycles. The highest BCUT2D eigenvalue weighted by Gasteiger charge is 2.59. The largest absolute Gasteiger partial charge is 0.508 e. The Hall–Kier alpha value is -2.78. The summed E-state index contributed by atoms with van der Waals surface area (Å²) >= 11 is 7.49. The number of carbonyl (C=O) groups excluding carboxylic acids is 3. The Labute approximate surface area is 182 Å². The summed E-state index contributed by atoms with van der Waals surface area (Å²) < 4.78 is 15.2. The lowest BCUT2D eigenvalue weighted by Gasteiger charge is -2.44. The summed E-state index contributed by atoms with van der Waals surface area (Å²) in [5.74, 6) is -1.70. The van der Waals surface area contributed by atoms with Gasteiger partial charge in [-0.05, 0) is 19.1 Å². The van der Waals surface area contributed by atoms with Crippen LogP contribution in [-0.4, -0.2) is 52.6 Å². The monoisotopic (exact) mass is 450 g/mol. The van der Waals surface area contributed by atoms with Gasteiger partial charge in [0.25, 0.3) is 0 Å². The van der Waals surface area contributed by atoms with E-state index in [0.29, 0.717) is 10.5 Å². The van der Waals surface area contributed by atoms with E-state index >= 15 is 0 Å². The summed E-state index contributed by atoms with van der Waals surface area (Å²) in [5, 5.41) is -0.268. The van der Waals surface area contributed by atoms with Crippen LogP contribution < -0.4 is 0 Å². The molecule has 0 bridgehead atoms. The molecule has 0 aromatic carbocycles. The Kier molecular flexibility index (Phi) is 6.84. The molecule has 0 unspecified atom stereocenters. The Morgan fingerprint density at radius 2 is 2.03 bits per heavy atom. The molecule has 3 rings (SSSR count). The van der Waals surface area contributed by atoms with Gasteiger partial charge in [0.1, 0.15) is 41.5 Å². The van der Waals surface area contributed by atoms with Crippen LogP contribution >= 0.6 is 23.4 Å². The topological polar surface area (TPSA) is 95.0 Å². The molecule has 8 nitrogen and oxygen atoms in total. The molecule has 0 radical (unpaired) electrons. The van der Waals surface area contributed by atoms with E-state index < -0.39 is 29.5 Å². The second-order valence-corrected chi connectivity index (χ2v) is 7.81. The zero-order chi connectivity index (χ0) is 21.8. The fraction of sp³-hybridized carbons (Fsp3) is 0.300. The quantitative estimate of drug-likeness (QED) is 0.257. The summed E-state index contributed by atoms with van der Waals surface area (Å²) in [7, 11) is 0. The average Bonchev–Trinajstić information content (AvgIpc) is 3.05. The van der Waals surface area contributed by atoms with E-state index in [-0.39, 0.29) is 30.0 Å². The fourth-order valence-electron chi connectivity index (χ4n) is 3.10. The predicted molar refractivity (Wildman–Crippen MR) is 111 cm³/mol. The van der Waals surface area contributed by atoms with Crippen molar-refractivity contribution in [2.24, 2.45) is 5.92 Å². The number of fused-ring (bicyclic) bond motifs is 1. The zero-order valence-corrected chi connectivity index (χ0v) is 17.6. The number of nitrogens with zero attached hydrogens (tertiary/aromatic N) is 2. The molecule has 1 aromatic rings. The van der Waals surface area contributed by atoms with Gasteiger partial charge in [-0.25, -0.2) is 14.6 Å². The average molecular weight is 451 g/mol. The van der Waals surface area contributed by atoms with Crippen LogP contribution in [0.1, 0.15) is 12.5 Å². The first kappa shape index (κ1) is 21.9. The third kappa shape index (κ3) is 4.08. The summed E-state index contributed by atoms with van der Waals surface area (Å²) in [4.78, 5) is 43.2. The van der Waals surface area contributed by atoms with Gasteiger partial charge in [-0.2, -0.15) is 0 Å². The molecular weight excluding hydrogens is 432 g/mol. The highest BCUT2D eigenvalue weighted by Crippen LogP contribution is 2.55. The van der Waals surface area contributed by atoms with Crippen LogP contribution in [0.3, 0.4) is 0 Å². The van der Waals surface area contributed by atoms with Crippen LogP contribution in [0.5, 0.6) is 0 Å². The maximum absolute atomic E-state index is 12.9. The number of pyridine rings is 1. The van der Waals surface area contributed by atoms with Crippen LogP contribution in [0, 0.1) is 5.92 Å². The first-order valence-electron chi connectivity index (χ1n) is 8.97. The molecule has 0 N–H and O–H groups in total. The number of rotatable bonds is 8. The summed E-state index contributed by atoms with van der Waals surface area (Å²) in [6.07, 6.45) is 2.70. The summed E-state index contributed by atoms with van der Waals surface area (Å²) in [6, 6.07) is 3.38. The number of hydrogen-bond donors (Lipinski definition) is 0. The molecule has 2 aliphatic rings. The van der Waals surface area contributed by atoms with Gasteiger partial charge in [0, 0.05) is 11.8 Å². The minimum absolute atomic E-state index is 0.00102. The maximum Gasteiger partial charge on any atom is 0.508 e. The minimum atomic E-state index is -0.897. The van der Waals surface area contributed by atoms with Crippen molar-refractivity contribution >= 4 is 46.3 Å². The number of aromatic nitrogens is 1. The standard InChI is InChI=1S/C20H19ClN2O6S/c1-4-9-27-19(25)14-15(12-7-6-8-22-16(12)21)30-18-13(17(24)23(14)18)11(3)29-20(26)28-10-5-2/h4-8,11,13,18H,1-2,9-10H2,3H3/t11-,13+,18-/m1/s1. The number of thioether (sulfide) groups is 1. The molecular formula is C20H19ClN2O6S. The number of hydrogen-bond acceptors (Lipinski definition) is 8. The molecule has 2 aliphatic heterocycles. The maximum atomic E-state index is 12.9. The molecule has 1 amide bonds. The fourth-order valence-corrected chi connectivity index (χ4v) is 4.99. The molecule has 3 atom stereocenters. The van der Waals surface area contributed by atoms with Gasteiger partial charge in [-0.1, -0.05) is 48.7 Å². The van der Waals surface area contributed by atoms with Gasteiger partial charge in [-0.3, -0.25) is 9.69 Å². The van der Waals surface area contributed by atoms with Crippen molar-refractivity contribution < 1.29 is 28.6 Å². The first-order chi connectivity index (χ1) is 14.4. The van der Waals surface area contributed by atoms with Crippen LogP contribution in [0.2, 0.25) is 5.15 Å². The van der Waals surface area contributed by atoms with Crippen LogP contribution in [0.25, 0.3) is 4.91 Å². The molecule has 10 heteroatoms. The Morgan fingerprint density at radius 3 is 2.70 bits per heavy atom. The van der Waals surface area contributed by atoms with Gasteiger partial charge in [0.2, 0.25) is 5.91 Å². The summed E-state index contributed by atoms with van der Waals surface area (Å²) in [6.45, 7) is 8.56. The number of halogens is 1. The van der Waals surface area contributed by atoms with Gasteiger partial charge in [0.15, 0.2) is 0 Å². The lowest BCUT2D eigenvalue weighted by atomic mass is 9.92. The van der Waals surface area contributed by atoms with E-state index in [4.69, 9.17) is 25.8 Å². The number of ether oxygens (including phenoxy) is 3. The highest BCUT2D eigenvalue weighted by atomic mass is 35.5. The van der Waals surface area contributed by atoms with Crippen molar-refractivity contribution in [3.8, 4) is 0 Å². The van der Waals surface area contributed by atoms with Gasteiger partial charge < -0.3 is 14.2 Å². The number of amides is 1. The van der Waals surface area contributed by atoms with E-state index in [2.05, 4.69) is 18.1 Å². The number of β-lactam (4-membered cyclic amide) rings is 1. The van der Waals surface area contributed by atoms with Crippen molar-refractivity contribution in [1.82, 2.24) is 9.88 Å².